The number of hydrogen-bond donors (Lipinski definition) is 2. The third-order valence-electron chi connectivity index (χ3n) is 4.72. The molecule has 1 aliphatic heterocycles. The second-order valence-electron chi connectivity index (χ2n) is 6.95. The summed E-state index contributed by atoms with van der Waals surface area (Å²) in [6, 6.07) is 12.5. The number of carbonyl (C=O) groups excluding carboxylic acids is 1. The van der Waals surface area contributed by atoms with Crippen LogP contribution in [-0.4, -0.2) is 30.0 Å². The lowest BCUT2D eigenvalue weighted by atomic mass is 10.0. The Labute approximate surface area is 149 Å². The zero-order chi connectivity index (χ0) is 17.8. The lowest BCUT2D eigenvalue weighted by Crippen LogP contribution is -2.43. The molecule has 2 aromatic rings. The molecule has 0 bridgehead atoms. The number of nitrogens with one attached hydrogen (secondary N) is 1. The summed E-state index contributed by atoms with van der Waals surface area (Å²) in [4.78, 5) is 18.2. The van der Waals surface area contributed by atoms with E-state index in [1.807, 2.05) is 0 Å². The lowest BCUT2D eigenvalue weighted by Gasteiger charge is -2.35. The maximum absolute atomic E-state index is 11.7. The van der Waals surface area contributed by atoms with Crippen LogP contribution in [-0.2, 0) is 0 Å². The molecular weight excluding hydrogens is 312 g/mol. The second kappa shape index (κ2) is 7.55. The summed E-state index contributed by atoms with van der Waals surface area (Å²) in [5.41, 5.74) is 8.46. The molecule has 1 aromatic heterocycles. The van der Waals surface area contributed by atoms with E-state index in [4.69, 9.17) is 5.73 Å². The first-order valence-corrected chi connectivity index (χ1v) is 8.91. The van der Waals surface area contributed by atoms with Gasteiger partial charge in [0.2, 0.25) is 0 Å². The zero-order valence-corrected chi connectivity index (χ0v) is 14.9. The van der Waals surface area contributed by atoms with Gasteiger partial charge in [0.1, 0.15) is 5.82 Å². The Balaban J connectivity index is 1.70. The first-order chi connectivity index (χ1) is 12.0. The number of hydrogen-bond acceptors (Lipinski definition) is 4. The molecule has 5 heteroatoms. The van der Waals surface area contributed by atoms with Gasteiger partial charge in [0.15, 0.2) is 0 Å². The van der Waals surface area contributed by atoms with E-state index in [0.29, 0.717) is 23.3 Å². The molecule has 1 amide bonds. The van der Waals surface area contributed by atoms with Crippen LogP contribution in [0.15, 0.2) is 42.6 Å². The van der Waals surface area contributed by atoms with Gasteiger partial charge >= 0.3 is 0 Å². The van der Waals surface area contributed by atoms with E-state index >= 15 is 0 Å². The van der Waals surface area contributed by atoms with Crippen LogP contribution in [0.4, 0.5) is 11.5 Å². The molecule has 1 atom stereocenters. The number of anilines is 2. The second-order valence-corrected chi connectivity index (χ2v) is 6.95. The van der Waals surface area contributed by atoms with Crippen molar-refractivity contribution in [2.24, 2.45) is 5.73 Å². The highest BCUT2D eigenvalue weighted by Gasteiger charge is 2.23. The van der Waals surface area contributed by atoms with E-state index in [1.54, 1.807) is 18.3 Å². The topological polar surface area (TPSA) is 71.2 Å². The fourth-order valence-electron chi connectivity index (χ4n) is 3.33. The van der Waals surface area contributed by atoms with Gasteiger partial charge in [0.05, 0.1) is 5.56 Å². The number of amides is 1. The molecule has 132 valence electrons. The number of piperidine rings is 1. The smallest absolute Gasteiger partial charge is 0.252 e. The third kappa shape index (κ3) is 4.10. The summed E-state index contributed by atoms with van der Waals surface area (Å²) in [6.07, 6.45) is 3.86. The minimum atomic E-state index is -0.428. The van der Waals surface area contributed by atoms with Gasteiger partial charge in [0, 0.05) is 31.0 Å². The Morgan fingerprint density at radius 3 is 2.72 bits per heavy atom. The molecule has 1 aliphatic rings. The summed E-state index contributed by atoms with van der Waals surface area (Å²) in [7, 11) is 0. The maximum atomic E-state index is 11.7. The fraction of sp³-hybridized carbons (Fsp3) is 0.400. The lowest BCUT2D eigenvalue weighted by molar-refractivity contribution is 0.100. The number of pyridine rings is 1. The number of benzene rings is 1. The van der Waals surface area contributed by atoms with Crippen LogP contribution in [0, 0.1) is 0 Å². The van der Waals surface area contributed by atoms with Crippen molar-refractivity contribution in [1.29, 1.82) is 0 Å². The number of nitrogens with zero attached hydrogens (tertiary/aromatic N) is 2. The number of primary amides is 1. The van der Waals surface area contributed by atoms with Crippen molar-refractivity contribution in [3.63, 3.8) is 0 Å². The quantitative estimate of drug-likeness (QED) is 0.877. The van der Waals surface area contributed by atoms with Crippen molar-refractivity contribution in [3.8, 4) is 0 Å². The Bertz CT molecular complexity index is 727. The summed E-state index contributed by atoms with van der Waals surface area (Å²) in [5.74, 6) is 0.801. The summed E-state index contributed by atoms with van der Waals surface area (Å²) < 4.78 is 0. The van der Waals surface area contributed by atoms with Gasteiger partial charge in [0.25, 0.3) is 5.91 Å². The molecule has 5 nitrogen and oxygen atoms in total. The highest BCUT2D eigenvalue weighted by atomic mass is 16.1. The molecule has 0 aliphatic carbocycles. The van der Waals surface area contributed by atoms with Gasteiger partial charge in [-0.3, -0.25) is 4.79 Å². The van der Waals surface area contributed by atoms with Gasteiger partial charge in [-0.05, 0) is 48.6 Å². The van der Waals surface area contributed by atoms with E-state index in [-0.39, 0.29) is 0 Å². The predicted molar refractivity (Wildman–Crippen MR) is 102 cm³/mol. The summed E-state index contributed by atoms with van der Waals surface area (Å²) >= 11 is 0. The molecule has 0 radical (unpaired) electrons. The Morgan fingerprint density at radius 1 is 1.28 bits per heavy atom. The van der Waals surface area contributed by atoms with Gasteiger partial charge in [-0.2, -0.15) is 0 Å². The molecule has 1 fully saturated rings. The van der Waals surface area contributed by atoms with Crippen molar-refractivity contribution in [2.75, 3.05) is 23.3 Å². The molecule has 1 aromatic carbocycles. The fourth-order valence-corrected chi connectivity index (χ4v) is 3.33. The van der Waals surface area contributed by atoms with Crippen molar-refractivity contribution in [3.05, 3.63) is 53.7 Å². The average molecular weight is 338 g/mol. The van der Waals surface area contributed by atoms with Crippen molar-refractivity contribution in [1.82, 2.24) is 4.98 Å². The third-order valence-corrected chi connectivity index (χ3v) is 4.72. The molecule has 1 unspecified atom stereocenters. The predicted octanol–water partition coefficient (Wildman–Crippen LogP) is 3.38. The van der Waals surface area contributed by atoms with Crippen LogP contribution in [0.2, 0.25) is 0 Å². The highest BCUT2D eigenvalue weighted by Crippen LogP contribution is 2.24. The Hall–Kier alpha value is -2.56. The molecule has 0 spiro atoms. The van der Waals surface area contributed by atoms with E-state index < -0.39 is 5.91 Å². The molecular formula is C20H26N4O. The number of carbonyl (C=O) groups is 1. The standard InChI is InChI=1S/C20H26N4O/c1-14(2)15-7-9-16(10-8-15)23-17-5-4-12-24(13-17)20-18(19(21)25)6-3-11-22-20/h3,6-11,14,17,23H,4-5,12-13H2,1-2H3,(H2,21,25). The van der Waals surface area contributed by atoms with Gasteiger partial charge in [-0.1, -0.05) is 26.0 Å². The highest BCUT2D eigenvalue weighted by molar-refractivity contribution is 5.97. The van der Waals surface area contributed by atoms with Crippen molar-refractivity contribution in [2.45, 2.75) is 38.6 Å². The van der Waals surface area contributed by atoms with Gasteiger partial charge < -0.3 is 16.0 Å². The van der Waals surface area contributed by atoms with Crippen LogP contribution in [0.5, 0.6) is 0 Å². The summed E-state index contributed by atoms with van der Waals surface area (Å²) in [6.45, 7) is 6.10. The van der Waals surface area contributed by atoms with Crippen LogP contribution in [0.3, 0.4) is 0 Å². The number of rotatable bonds is 5. The molecule has 0 saturated carbocycles. The number of nitrogens with two attached hydrogens (primary N) is 1. The van der Waals surface area contributed by atoms with Crippen molar-refractivity contribution < 1.29 is 4.79 Å². The monoisotopic (exact) mass is 338 g/mol. The first kappa shape index (κ1) is 17.3. The van der Waals surface area contributed by atoms with Crippen LogP contribution < -0.4 is 16.0 Å². The number of aromatic nitrogens is 1. The van der Waals surface area contributed by atoms with E-state index in [1.165, 1.54) is 5.56 Å². The Kier molecular flexibility index (Phi) is 5.22. The molecule has 3 rings (SSSR count). The van der Waals surface area contributed by atoms with Crippen LogP contribution >= 0.6 is 0 Å². The van der Waals surface area contributed by atoms with Gasteiger partial charge in [-0.15, -0.1) is 0 Å². The van der Waals surface area contributed by atoms with Crippen LogP contribution in [0.25, 0.3) is 0 Å². The summed E-state index contributed by atoms with van der Waals surface area (Å²) in [5, 5.41) is 3.61. The van der Waals surface area contributed by atoms with Gasteiger partial charge in [-0.25, -0.2) is 4.98 Å². The van der Waals surface area contributed by atoms with E-state index in [2.05, 4.69) is 53.3 Å². The van der Waals surface area contributed by atoms with Crippen molar-refractivity contribution >= 4 is 17.4 Å². The van der Waals surface area contributed by atoms with E-state index in [0.717, 1.165) is 31.6 Å². The molecule has 1 saturated heterocycles. The SMILES string of the molecule is CC(C)c1ccc(NC2CCCN(c3ncccc3C(N)=O)C2)cc1. The first-order valence-electron chi connectivity index (χ1n) is 8.91. The Morgan fingerprint density at radius 2 is 2.04 bits per heavy atom. The molecule has 2 heterocycles. The average Bonchev–Trinajstić information content (AvgIpc) is 2.62. The molecule has 3 N–H and O–H groups in total. The van der Waals surface area contributed by atoms with Crippen LogP contribution in [0.1, 0.15) is 48.5 Å². The van der Waals surface area contributed by atoms with E-state index in [9.17, 15) is 4.79 Å². The zero-order valence-electron chi connectivity index (χ0n) is 14.9. The maximum Gasteiger partial charge on any atom is 0.252 e. The minimum Gasteiger partial charge on any atom is -0.381 e. The molecule has 25 heavy (non-hydrogen) atoms. The normalized spacial score (nSPS) is 17.6. The minimum absolute atomic E-state index is 0.321. The largest absolute Gasteiger partial charge is 0.381 e.